The van der Waals surface area contributed by atoms with Crippen LogP contribution in [-0.4, -0.2) is 38.9 Å². The van der Waals surface area contributed by atoms with Crippen LogP contribution in [0.5, 0.6) is 0 Å². The lowest BCUT2D eigenvalue weighted by atomic mass is 10.0. The van der Waals surface area contributed by atoms with E-state index in [1.165, 1.54) is 19.0 Å². The molecule has 7 nitrogen and oxygen atoms in total. The van der Waals surface area contributed by atoms with Crippen LogP contribution in [0.15, 0.2) is 42.7 Å². The van der Waals surface area contributed by atoms with Crippen molar-refractivity contribution in [1.29, 1.82) is 0 Å². The summed E-state index contributed by atoms with van der Waals surface area (Å²) in [6, 6.07) is 9.32. The molecule has 5 N–H and O–H groups in total. The van der Waals surface area contributed by atoms with Crippen LogP contribution in [0, 0.1) is 5.92 Å². The molecule has 3 aromatic rings. The zero-order valence-corrected chi connectivity index (χ0v) is 15.5. The molecule has 2 heterocycles. The number of primary amides is 1. The summed E-state index contributed by atoms with van der Waals surface area (Å²) in [6.45, 7) is 0.448. The molecule has 1 amide bonds. The lowest BCUT2D eigenvalue weighted by molar-refractivity contribution is 0.0956. The Labute approximate surface area is 162 Å². The maximum atomic E-state index is 11.9. The molecule has 0 saturated heterocycles. The monoisotopic (exact) mass is 380 g/mol. The van der Waals surface area contributed by atoms with Gasteiger partial charge in [0.05, 0.1) is 29.6 Å². The largest absolute Gasteiger partial charge is 0.393 e. The number of hydrogen-bond acceptors (Lipinski definition) is 5. The van der Waals surface area contributed by atoms with Gasteiger partial charge in [0, 0.05) is 18.3 Å². The smallest absolute Gasteiger partial charge is 0.252 e. The van der Waals surface area contributed by atoms with Crippen molar-refractivity contribution in [3.05, 3.63) is 53.9 Å². The predicted molar refractivity (Wildman–Crippen MR) is 107 cm³/mol. The molecular weight excluding hydrogens is 356 g/mol. The Morgan fingerprint density at radius 2 is 2.14 bits per heavy atom. The van der Waals surface area contributed by atoms with Gasteiger partial charge in [0.1, 0.15) is 6.10 Å². The van der Waals surface area contributed by atoms with Crippen LogP contribution in [0.25, 0.3) is 16.6 Å². The predicted octanol–water partition coefficient (Wildman–Crippen LogP) is 2.34. The quantitative estimate of drug-likeness (QED) is 0.479. The van der Waals surface area contributed by atoms with E-state index in [0.29, 0.717) is 16.8 Å². The van der Waals surface area contributed by atoms with E-state index in [4.69, 9.17) is 5.73 Å². The van der Waals surface area contributed by atoms with Gasteiger partial charge in [-0.2, -0.15) is 5.10 Å². The molecule has 0 bridgehead atoms. The third-order valence-corrected chi connectivity index (χ3v) is 5.23. The van der Waals surface area contributed by atoms with Crippen molar-refractivity contribution in [2.45, 2.75) is 25.4 Å². The first-order chi connectivity index (χ1) is 13.6. The van der Waals surface area contributed by atoms with Gasteiger partial charge in [0.25, 0.3) is 5.91 Å². The van der Waals surface area contributed by atoms with Gasteiger partial charge in [-0.25, -0.2) is 4.52 Å². The average Bonchev–Trinajstić information content (AvgIpc) is 3.42. The van der Waals surface area contributed by atoms with Gasteiger partial charge < -0.3 is 21.3 Å². The zero-order chi connectivity index (χ0) is 19.7. The summed E-state index contributed by atoms with van der Waals surface area (Å²) in [4.78, 5) is 11.9. The van der Waals surface area contributed by atoms with Crippen molar-refractivity contribution >= 4 is 17.1 Å². The number of anilines is 1. The van der Waals surface area contributed by atoms with Crippen molar-refractivity contribution in [1.82, 2.24) is 9.61 Å². The van der Waals surface area contributed by atoms with Gasteiger partial charge in [-0.3, -0.25) is 4.79 Å². The van der Waals surface area contributed by atoms with E-state index in [1.54, 1.807) is 10.6 Å². The van der Waals surface area contributed by atoms with Crippen molar-refractivity contribution < 1.29 is 15.0 Å². The van der Waals surface area contributed by atoms with Crippen molar-refractivity contribution in [3.8, 4) is 11.1 Å². The van der Waals surface area contributed by atoms with Crippen LogP contribution >= 0.6 is 0 Å². The lowest BCUT2D eigenvalue weighted by Crippen LogP contribution is -2.17. The highest BCUT2D eigenvalue weighted by molar-refractivity contribution is 6.02. The molecule has 1 fully saturated rings. The van der Waals surface area contributed by atoms with E-state index < -0.39 is 12.0 Å². The highest BCUT2D eigenvalue weighted by Crippen LogP contribution is 2.33. The van der Waals surface area contributed by atoms with E-state index in [0.717, 1.165) is 35.5 Å². The minimum Gasteiger partial charge on any atom is -0.393 e. The number of aromatic nitrogens is 2. The molecule has 1 aliphatic rings. The number of rotatable bonds is 8. The van der Waals surface area contributed by atoms with Gasteiger partial charge >= 0.3 is 0 Å². The molecule has 0 unspecified atom stereocenters. The number of nitrogens with two attached hydrogens (primary N) is 1. The minimum absolute atomic E-state index is 0.334. The lowest BCUT2D eigenvalue weighted by Gasteiger charge is -2.11. The molecule has 1 atom stereocenters. The highest BCUT2D eigenvalue weighted by atomic mass is 16.3. The summed E-state index contributed by atoms with van der Waals surface area (Å²) in [6.07, 6.45) is 6.07. The van der Waals surface area contributed by atoms with E-state index in [9.17, 15) is 15.0 Å². The van der Waals surface area contributed by atoms with Crippen LogP contribution in [-0.2, 0) is 0 Å². The standard InChI is InChI=1S/C21H24N4O3/c22-21(28)17-10-24-25-11-16(14-2-1-3-15(8-14)19(27)12-26)9-18(25)20(17)23-7-6-13-4-5-13/h1-3,8-11,13,19,23,26-27H,4-7,12H2,(H2,22,28)/t19-/m0/s1. The second-order valence-corrected chi connectivity index (χ2v) is 7.34. The van der Waals surface area contributed by atoms with Crippen molar-refractivity contribution in [2.75, 3.05) is 18.5 Å². The summed E-state index contributed by atoms with van der Waals surface area (Å²) in [7, 11) is 0. The van der Waals surface area contributed by atoms with E-state index in [1.807, 2.05) is 30.5 Å². The van der Waals surface area contributed by atoms with Crippen LogP contribution in [0.2, 0.25) is 0 Å². The molecule has 2 aromatic heterocycles. The van der Waals surface area contributed by atoms with Gasteiger partial charge in [-0.05, 0) is 35.6 Å². The van der Waals surface area contributed by atoms with Crippen LogP contribution < -0.4 is 11.1 Å². The number of fused-ring (bicyclic) bond motifs is 1. The molecule has 1 aliphatic carbocycles. The molecule has 4 rings (SSSR count). The van der Waals surface area contributed by atoms with E-state index in [2.05, 4.69) is 10.4 Å². The van der Waals surface area contributed by atoms with Crippen molar-refractivity contribution in [3.63, 3.8) is 0 Å². The van der Waals surface area contributed by atoms with Gasteiger partial charge in [-0.15, -0.1) is 0 Å². The number of aliphatic hydroxyl groups is 2. The molecule has 1 aromatic carbocycles. The number of benzene rings is 1. The normalized spacial score (nSPS) is 14.9. The fourth-order valence-electron chi connectivity index (χ4n) is 3.43. The van der Waals surface area contributed by atoms with E-state index >= 15 is 0 Å². The number of amides is 1. The van der Waals surface area contributed by atoms with Crippen molar-refractivity contribution in [2.24, 2.45) is 11.7 Å². The Morgan fingerprint density at radius 1 is 1.32 bits per heavy atom. The molecule has 1 saturated carbocycles. The van der Waals surface area contributed by atoms with Gasteiger partial charge in [-0.1, -0.05) is 31.0 Å². The summed E-state index contributed by atoms with van der Waals surface area (Å²) in [5.41, 5.74) is 9.82. The second-order valence-electron chi connectivity index (χ2n) is 7.34. The molecule has 0 radical (unpaired) electrons. The SMILES string of the molecule is NC(=O)c1cnn2cc(-c3cccc([C@@H](O)CO)c3)cc2c1NCCC1CC1. The Morgan fingerprint density at radius 3 is 2.86 bits per heavy atom. The topological polar surface area (TPSA) is 113 Å². The molecule has 7 heteroatoms. The number of carbonyl (C=O) groups excluding carboxylic acids is 1. The number of aliphatic hydroxyl groups excluding tert-OH is 2. The Hall–Kier alpha value is -2.90. The second kappa shape index (κ2) is 7.61. The third-order valence-electron chi connectivity index (χ3n) is 5.23. The van der Waals surface area contributed by atoms with Crippen LogP contribution in [0.1, 0.15) is 41.3 Å². The first-order valence-corrected chi connectivity index (χ1v) is 9.51. The molecular formula is C21H24N4O3. The third kappa shape index (κ3) is 3.72. The number of nitrogens with zero attached hydrogens (tertiary/aromatic N) is 2. The van der Waals surface area contributed by atoms with Crippen LogP contribution in [0.3, 0.4) is 0 Å². The highest BCUT2D eigenvalue weighted by Gasteiger charge is 2.21. The molecule has 0 aliphatic heterocycles. The first kappa shape index (κ1) is 18.5. The summed E-state index contributed by atoms with van der Waals surface area (Å²) >= 11 is 0. The van der Waals surface area contributed by atoms with Gasteiger partial charge in [0.2, 0.25) is 0 Å². The fourth-order valence-corrected chi connectivity index (χ4v) is 3.43. The first-order valence-electron chi connectivity index (χ1n) is 9.51. The Balaban J connectivity index is 1.72. The zero-order valence-electron chi connectivity index (χ0n) is 15.5. The number of nitrogens with one attached hydrogen (secondary N) is 1. The fraction of sp³-hybridized carbons (Fsp3) is 0.333. The van der Waals surface area contributed by atoms with Gasteiger partial charge in [0.15, 0.2) is 0 Å². The Kier molecular flexibility index (Phi) is 5.02. The minimum atomic E-state index is -0.920. The molecule has 28 heavy (non-hydrogen) atoms. The number of hydrogen-bond donors (Lipinski definition) is 4. The van der Waals surface area contributed by atoms with E-state index in [-0.39, 0.29) is 6.61 Å². The Bertz CT molecular complexity index is 1010. The molecule has 146 valence electrons. The van der Waals surface area contributed by atoms with Crippen LogP contribution in [0.4, 0.5) is 5.69 Å². The number of carbonyl (C=O) groups is 1. The summed E-state index contributed by atoms with van der Waals surface area (Å²) in [5.74, 6) is 0.269. The average molecular weight is 380 g/mol. The summed E-state index contributed by atoms with van der Waals surface area (Å²) < 4.78 is 1.72. The summed E-state index contributed by atoms with van der Waals surface area (Å²) in [5, 5.41) is 26.8. The maximum Gasteiger partial charge on any atom is 0.252 e. The maximum absolute atomic E-state index is 11.9. The molecule has 0 spiro atoms.